The van der Waals surface area contributed by atoms with Gasteiger partial charge in [0.2, 0.25) is 15.9 Å². The normalized spacial score (nSPS) is 15.1. The number of aromatic nitrogens is 1. The van der Waals surface area contributed by atoms with E-state index in [-0.39, 0.29) is 41.2 Å². The molecule has 0 saturated carbocycles. The molecule has 1 amide bonds. The van der Waals surface area contributed by atoms with Gasteiger partial charge in [-0.2, -0.15) is 9.57 Å². The van der Waals surface area contributed by atoms with E-state index in [1.54, 1.807) is 30.3 Å². The highest BCUT2D eigenvalue weighted by atomic mass is 32.2. The highest BCUT2D eigenvalue weighted by Crippen LogP contribution is 2.29. The molecule has 1 N–H and O–H groups in total. The van der Waals surface area contributed by atoms with Crippen LogP contribution in [0.25, 0.3) is 0 Å². The molecule has 0 spiro atoms. The van der Waals surface area contributed by atoms with Crippen LogP contribution in [0.5, 0.6) is 0 Å². The first-order valence-corrected chi connectivity index (χ1v) is 13.0. The van der Waals surface area contributed by atoms with Crippen LogP contribution >= 0.6 is 11.3 Å². The lowest BCUT2D eigenvalue weighted by atomic mass is 9.97. The van der Waals surface area contributed by atoms with Gasteiger partial charge < -0.3 is 5.32 Å². The first kappa shape index (κ1) is 24.0. The van der Waals surface area contributed by atoms with Crippen LogP contribution in [-0.2, 0) is 21.2 Å². The van der Waals surface area contributed by atoms with Crippen molar-refractivity contribution in [3.05, 3.63) is 76.0 Å². The van der Waals surface area contributed by atoms with Crippen LogP contribution in [0.2, 0.25) is 0 Å². The van der Waals surface area contributed by atoms with Crippen LogP contribution < -0.4 is 5.32 Å². The number of amides is 1. The number of anilines is 1. The summed E-state index contributed by atoms with van der Waals surface area (Å²) in [6, 6.07) is 14.6. The second-order valence-electron chi connectivity index (χ2n) is 8.07. The van der Waals surface area contributed by atoms with Crippen molar-refractivity contribution >= 4 is 32.4 Å². The molecule has 1 aliphatic rings. The lowest BCUT2D eigenvalue weighted by Gasteiger charge is -2.30. The van der Waals surface area contributed by atoms with Gasteiger partial charge in [-0.15, -0.1) is 11.3 Å². The van der Waals surface area contributed by atoms with Gasteiger partial charge in [0.1, 0.15) is 11.9 Å². The Bertz CT molecular complexity index is 1360. The van der Waals surface area contributed by atoms with E-state index >= 15 is 0 Å². The van der Waals surface area contributed by atoms with E-state index in [1.807, 2.05) is 13.0 Å². The molecule has 7 nitrogen and oxygen atoms in total. The second kappa shape index (κ2) is 10.0. The number of sulfonamides is 1. The molecule has 10 heteroatoms. The molecule has 0 unspecified atom stereocenters. The van der Waals surface area contributed by atoms with Crippen molar-refractivity contribution in [2.45, 2.75) is 31.1 Å². The number of nitrogens with zero attached hydrogens (tertiary/aromatic N) is 3. The van der Waals surface area contributed by atoms with Crippen LogP contribution in [-0.4, -0.2) is 36.7 Å². The van der Waals surface area contributed by atoms with Gasteiger partial charge in [-0.1, -0.05) is 30.3 Å². The Balaban J connectivity index is 1.38. The van der Waals surface area contributed by atoms with E-state index in [0.29, 0.717) is 30.0 Å². The topological polar surface area (TPSA) is 103 Å². The number of piperidine rings is 1. The molecule has 34 heavy (non-hydrogen) atoms. The number of thiazole rings is 1. The zero-order valence-electron chi connectivity index (χ0n) is 18.5. The maximum Gasteiger partial charge on any atom is 0.244 e. The SMILES string of the molecule is Cc1nc(NC(=O)C2CCN(S(=O)(=O)c3ccccc3C#N)CC2)sc1Cc1ccccc1F. The summed E-state index contributed by atoms with van der Waals surface area (Å²) >= 11 is 1.31. The van der Waals surface area contributed by atoms with Crippen molar-refractivity contribution in [2.75, 3.05) is 18.4 Å². The number of aryl methyl sites for hydroxylation is 1. The summed E-state index contributed by atoms with van der Waals surface area (Å²) < 4.78 is 41.3. The van der Waals surface area contributed by atoms with Gasteiger partial charge >= 0.3 is 0 Å². The fourth-order valence-corrected chi connectivity index (χ4v) is 6.55. The highest BCUT2D eigenvalue weighted by Gasteiger charge is 2.33. The summed E-state index contributed by atoms with van der Waals surface area (Å²) in [4.78, 5) is 18.1. The Morgan fingerprint density at radius 3 is 2.59 bits per heavy atom. The summed E-state index contributed by atoms with van der Waals surface area (Å²) in [6.45, 7) is 2.20. The highest BCUT2D eigenvalue weighted by molar-refractivity contribution is 7.89. The van der Waals surface area contributed by atoms with E-state index < -0.39 is 10.0 Å². The van der Waals surface area contributed by atoms with Crippen LogP contribution in [0.3, 0.4) is 0 Å². The van der Waals surface area contributed by atoms with Crippen molar-refractivity contribution in [3.8, 4) is 6.07 Å². The van der Waals surface area contributed by atoms with Gasteiger partial charge in [0, 0.05) is 30.3 Å². The molecule has 0 radical (unpaired) electrons. The average Bonchev–Trinajstić information content (AvgIpc) is 3.18. The molecule has 1 fully saturated rings. The number of halogens is 1. The quantitative estimate of drug-likeness (QED) is 0.551. The third-order valence-corrected chi connectivity index (χ3v) is 8.91. The summed E-state index contributed by atoms with van der Waals surface area (Å²) in [5.41, 5.74) is 1.41. The number of hydrogen-bond acceptors (Lipinski definition) is 6. The largest absolute Gasteiger partial charge is 0.302 e. The molecule has 1 aromatic heterocycles. The minimum Gasteiger partial charge on any atom is -0.302 e. The molecule has 2 heterocycles. The third-order valence-electron chi connectivity index (χ3n) is 5.88. The minimum atomic E-state index is -3.81. The summed E-state index contributed by atoms with van der Waals surface area (Å²) in [5, 5.41) is 12.5. The number of nitriles is 1. The Hall–Kier alpha value is -3.13. The molecule has 4 rings (SSSR count). The zero-order chi connectivity index (χ0) is 24.3. The molecule has 0 bridgehead atoms. The second-order valence-corrected chi connectivity index (χ2v) is 11.1. The van der Waals surface area contributed by atoms with Crippen LogP contribution in [0.4, 0.5) is 9.52 Å². The molecule has 3 aromatic rings. The maximum absolute atomic E-state index is 14.0. The molecule has 1 aliphatic heterocycles. The van der Waals surface area contributed by atoms with Gasteiger partial charge in [0.05, 0.1) is 16.2 Å². The van der Waals surface area contributed by atoms with Gasteiger partial charge in [-0.05, 0) is 43.5 Å². The molecule has 0 aliphatic carbocycles. The van der Waals surface area contributed by atoms with Crippen molar-refractivity contribution in [1.29, 1.82) is 5.26 Å². The first-order chi connectivity index (χ1) is 16.3. The first-order valence-electron chi connectivity index (χ1n) is 10.8. The van der Waals surface area contributed by atoms with E-state index in [9.17, 15) is 22.9 Å². The number of benzene rings is 2. The Morgan fingerprint density at radius 1 is 1.21 bits per heavy atom. The average molecular weight is 499 g/mol. The van der Waals surface area contributed by atoms with Crippen molar-refractivity contribution < 1.29 is 17.6 Å². The predicted octanol–water partition coefficient (Wildman–Crippen LogP) is 4.09. The third kappa shape index (κ3) is 5.01. The number of rotatable bonds is 6. The van der Waals surface area contributed by atoms with E-state index in [1.165, 1.54) is 33.8 Å². The van der Waals surface area contributed by atoms with Crippen LogP contribution in [0.1, 0.15) is 34.5 Å². The molecular weight excluding hydrogens is 475 g/mol. The van der Waals surface area contributed by atoms with Crippen LogP contribution in [0.15, 0.2) is 53.4 Å². The smallest absolute Gasteiger partial charge is 0.244 e. The number of hydrogen-bond donors (Lipinski definition) is 1. The van der Waals surface area contributed by atoms with E-state index in [0.717, 1.165) is 10.6 Å². The number of carbonyl (C=O) groups excluding carboxylic acids is 1. The van der Waals surface area contributed by atoms with Gasteiger partial charge in [-0.25, -0.2) is 17.8 Å². The molecule has 0 atom stereocenters. The monoisotopic (exact) mass is 498 g/mol. The maximum atomic E-state index is 14.0. The standard InChI is InChI=1S/C24H23FN4O3S2/c1-16-21(14-18-6-2-4-8-20(18)25)33-24(27-16)28-23(30)17-10-12-29(13-11-17)34(31,32)22-9-5-3-7-19(22)15-26/h2-9,17H,10-14H2,1H3,(H,27,28,30). The Labute approximate surface area is 201 Å². The fraction of sp³-hybridized carbons (Fsp3) is 0.292. The Morgan fingerprint density at radius 2 is 1.88 bits per heavy atom. The van der Waals surface area contributed by atoms with Gasteiger partial charge in [0.25, 0.3) is 0 Å². The summed E-state index contributed by atoms with van der Waals surface area (Å²) in [6.07, 6.45) is 1.13. The molecule has 1 saturated heterocycles. The van der Waals surface area contributed by atoms with E-state index in [4.69, 9.17) is 0 Å². The Kier molecular flexibility index (Phi) is 7.07. The lowest BCUT2D eigenvalue weighted by Crippen LogP contribution is -2.41. The lowest BCUT2D eigenvalue weighted by molar-refractivity contribution is -0.120. The van der Waals surface area contributed by atoms with Gasteiger partial charge in [-0.3, -0.25) is 4.79 Å². The minimum absolute atomic E-state index is 0.0129. The zero-order valence-corrected chi connectivity index (χ0v) is 20.1. The summed E-state index contributed by atoms with van der Waals surface area (Å²) in [5.74, 6) is -0.836. The van der Waals surface area contributed by atoms with Crippen molar-refractivity contribution in [3.63, 3.8) is 0 Å². The fourth-order valence-electron chi connectivity index (χ4n) is 3.95. The number of carbonyl (C=O) groups is 1. The van der Waals surface area contributed by atoms with Crippen molar-refractivity contribution in [1.82, 2.24) is 9.29 Å². The summed E-state index contributed by atoms with van der Waals surface area (Å²) in [7, 11) is -3.81. The van der Waals surface area contributed by atoms with Crippen molar-refractivity contribution in [2.24, 2.45) is 5.92 Å². The van der Waals surface area contributed by atoms with E-state index in [2.05, 4.69) is 10.3 Å². The predicted molar refractivity (Wildman–Crippen MR) is 127 cm³/mol. The molecular formula is C24H23FN4O3S2. The molecule has 2 aromatic carbocycles. The van der Waals surface area contributed by atoms with Gasteiger partial charge in [0.15, 0.2) is 5.13 Å². The number of nitrogens with one attached hydrogen (secondary N) is 1. The molecule has 176 valence electrons. The van der Waals surface area contributed by atoms with Crippen LogP contribution in [0, 0.1) is 30.0 Å².